The Hall–Kier alpha value is -1.55. The Morgan fingerprint density at radius 3 is 2.43 bits per heavy atom. The third-order valence-corrected chi connectivity index (χ3v) is 1.91. The van der Waals surface area contributed by atoms with Gasteiger partial charge in [0.15, 0.2) is 17.3 Å². The second kappa shape index (κ2) is 4.11. The number of hydrogen-bond donors (Lipinski definition) is 2. The van der Waals surface area contributed by atoms with E-state index in [-0.39, 0.29) is 17.3 Å². The van der Waals surface area contributed by atoms with Crippen LogP contribution in [-0.2, 0) is 9.53 Å². The molecular weight excluding hydrogens is 184 g/mol. The van der Waals surface area contributed by atoms with Crippen LogP contribution in [0.4, 0.5) is 0 Å². The van der Waals surface area contributed by atoms with Gasteiger partial charge in [-0.05, 0) is 24.6 Å². The fourth-order valence-corrected chi connectivity index (χ4v) is 1.24. The highest BCUT2D eigenvalue weighted by Gasteiger charge is 2.16. The molecule has 1 atom stereocenters. The standard InChI is InChI=1S/C10H12O4/c1-6(11)10(14-2)7-3-4-8(12)9(13)5-7/h3-5,10,12-13H,1-2H3. The maximum Gasteiger partial charge on any atom is 0.163 e. The molecule has 1 aromatic rings. The van der Waals surface area contributed by atoms with Gasteiger partial charge in [-0.25, -0.2) is 0 Å². The van der Waals surface area contributed by atoms with Crippen LogP contribution < -0.4 is 0 Å². The summed E-state index contributed by atoms with van der Waals surface area (Å²) in [6, 6.07) is 4.16. The zero-order valence-corrected chi connectivity index (χ0v) is 8.02. The molecule has 0 aliphatic heterocycles. The van der Waals surface area contributed by atoms with E-state index in [2.05, 4.69) is 0 Å². The molecule has 4 heteroatoms. The van der Waals surface area contributed by atoms with Crippen LogP contribution in [0.15, 0.2) is 18.2 Å². The van der Waals surface area contributed by atoms with Crippen LogP contribution in [0.5, 0.6) is 11.5 Å². The molecule has 0 bridgehead atoms. The first-order chi connectivity index (χ1) is 6.56. The minimum Gasteiger partial charge on any atom is -0.504 e. The molecule has 1 unspecified atom stereocenters. The van der Waals surface area contributed by atoms with Crippen molar-refractivity contribution >= 4 is 5.78 Å². The van der Waals surface area contributed by atoms with E-state index in [1.54, 1.807) is 0 Å². The number of ether oxygens (including phenoxy) is 1. The molecule has 76 valence electrons. The summed E-state index contributed by atoms with van der Waals surface area (Å²) in [6.07, 6.45) is -0.693. The van der Waals surface area contributed by atoms with Crippen LogP contribution in [0.2, 0.25) is 0 Å². The largest absolute Gasteiger partial charge is 0.504 e. The third kappa shape index (κ3) is 2.03. The van der Waals surface area contributed by atoms with Gasteiger partial charge in [0.05, 0.1) is 0 Å². The minimum atomic E-state index is -0.693. The van der Waals surface area contributed by atoms with E-state index in [0.717, 1.165) is 0 Å². The van der Waals surface area contributed by atoms with E-state index in [1.807, 2.05) is 0 Å². The minimum absolute atomic E-state index is 0.155. The molecule has 0 amide bonds. The topological polar surface area (TPSA) is 66.8 Å². The zero-order valence-electron chi connectivity index (χ0n) is 8.02. The van der Waals surface area contributed by atoms with Crippen LogP contribution in [0.1, 0.15) is 18.6 Å². The van der Waals surface area contributed by atoms with E-state index >= 15 is 0 Å². The van der Waals surface area contributed by atoms with E-state index < -0.39 is 6.10 Å². The highest BCUT2D eigenvalue weighted by atomic mass is 16.5. The Bertz CT molecular complexity index is 346. The van der Waals surface area contributed by atoms with Crippen molar-refractivity contribution < 1.29 is 19.7 Å². The summed E-state index contributed by atoms with van der Waals surface area (Å²) in [7, 11) is 1.41. The lowest BCUT2D eigenvalue weighted by Gasteiger charge is -2.12. The molecule has 1 rings (SSSR count). The molecule has 0 aromatic heterocycles. The lowest BCUT2D eigenvalue weighted by Crippen LogP contribution is -2.10. The SMILES string of the molecule is COC(C(C)=O)c1ccc(O)c(O)c1. The molecule has 0 aliphatic carbocycles. The average molecular weight is 196 g/mol. The summed E-state index contributed by atoms with van der Waals surface area (Å²) in [4.78, 5) is 11.1. The van der Waals surface area contributed by atoms with Crippen molar-refractivity contribution in [2.24, 2.45) is 0 Å². The predicted octanol–water partition coefficient (Wildman–Crippen LogP) is 1.37. The van der Waals surface area contributed by atoms with Gasteiger partial charge in [0.1, 0.15) is 6.10 Å². The van der Waals surface area contributed by atoms with Gasteiger partial charge in [-0.15, -0.1) is 0 Å². The molecule has 14 heavy (non-hydrogen) atoms. The lowest BCUT2D eigenvalue weighted by atomic mass is 10.1. The number of hydrogen-bond acceptors (Lipinski definition) is 4. The molecule has 1 aromatic carbocycles. The molecule has 0 saturated heterocycles. The van der Waals surface area contributed by atoms with E-state index in [1.165, 1.54) is 32.2 Å². The number of ketones is 1. The quantitative estimate of drug-likeness (QED) is 0.716. The fraction of sp³-hybridized carbons (Fsp3) is 0.300. The van der Waals surface area contributed by atoms with Gasteiger partial charge < -0.3 is 14.9 Å². The maximum atomic E-state index is 11.1. The predicted molar refractivity (Wildman–Crippen MR) is 50.2 cm³/mol. The first-order valence-corrected chi connectivity index (χ1v) is 4.11. The zero-order chi connectivity index (χ0) is 10.7. The van der Waals surface area contributed by atoms with Crippen molar-refractivity contribution in [2.75, 3.05) is 7.11 Å². The summed E-state index contributed by atoms with van der Waals surface area (Å²) in [5.41, 5.74) is 0.523. The Balaban J connectivity index is 3.06. The number of Topliss-reactive ketones (excluding diaryl/α,β-unsaturated/α-hetero) is 1. The lowest BCUT2D eigenvalue weighted by molar-refractivity contribution is -0.126. The van der Waals surface area contributed by atoms with Gasteiger partial charge in [-0.1, -0.05) is 6.07 Å². The fourth-order valence-electron chi connectivity index (χ4n) is 1.24. The highest BCUT2D eigenvalue weighted by Crippen LogP contribution is 2.29. The molecule has 0 heterocycles. The van der Waals surface area contributed by atoms with Crippen molar-refractivity contribution in [1.29, 1.82) is 0 Å². The van der Waals surface area contributed by atoms with Gasteiger partial charge in [-0.2, -0.15) is 0 Å². The summed E-state index contributed by atoms with van der Waals surface area (Å²) in [5.74, 6) is -0.629. The Kier molecular flexibility index (Phi) is 3.09. The van der Waals surface area contributed by atoms with Gasteiger partial charge >= 0.3 is 0 Å². The second-order valence-electron chi connectivity index (χ2n) is 2.97. The number of phenolic OH excluding ortho intramolecular Hbond substituents is 2. The van der Waals surface area contributed by atoms with E-state index in [4.69, 9.17) is 9.84 Å². The number of carbonyl (C=O) groups is 1. The molecule has 0 fully saturated rings. The second-order valence-corrected chi connectivity index (χ2v) is 2.97. The van der Waals surface area contributed by atoms with Crippen LogP contribution >= 0.6 is 0 Å². The van der Waals surface area contributed by atoms with Crippen LogP contribution in [-0.4, -0.2) is 23.1 Å². The van der Waals surface area contributed by atoms with Crippen LogP contribution in [0, 0.1) is 0 Å². The Morgan fingerprint density at radius 1 is 1.36 bits per heavy atom. The number of phenols is 2. The van der Waals surface area contributed by atoms with Gasteiger partial charge in [0.2, 0.25) is 0 Å². The van der Waals surface area contributed by atoms with Crippen molar-refractivity contribution in [1.82, 2.24) is 0 Å². The smallest absolute Gasteiger partial charge is 0.163 e. The highest BCUT2D eigenvalue weighted by molar-refractivity contribution is 5.82. The van der Waals surface area contributed by atoms with E-state index in [9.17, 15) is 9.90 Å². The average Bonchev–Trinajstić information content (AvgIpc) is 2.11. The molecule has 0 spiro atoms. The molecule has 0 aliphatic rings. The maximum absolute atomic E-state index is 11.1. The Morgan fingerprint density at radius 2 is 2.00 bits per heavy atom. The molecule has 0 saturated carbocycles. The van der Waals surface area contributed by atoms with Crippen LogP contribution in [0.3, 0.4) is 0 Å². The van der Waals surface area contributed by atoms with Crippen molar-refractivity contribution in [3.8, 4) is 11.5 Å². The van der Waals surface area contributed by atoms with Gasteiger partial charge in [0, 0.05) is 7.11 Å². The third-order valence-electron chi connectivity index (χ3n) is 1.91. The van der Waals surface area contributed by atoms with Gasteiger partial charge in [-0.3, -0.25) is 4.79 Å². The van der Waals surface area contributed by atoms with Crippen molar-refractivity contribution in [3.63, 3.8) is 0 Å². The molecular formula is C10H12O4. The number of aromatic hydroxyl groups is 2. The normalized spacial score (nSPS) is 12.4. The first kappa shape index (κ1) is 10.5. The first-order valence-electron chi connectivity index (χ1n) is 4.11. The van der Waals surface area contributed by atoms with Crippen molar-refractivity contribution in [3.05, 3.63) is 23.8 Å². The summed E-state index contributed by atoms with van der Waals surface area (Å²) < 4.78 is 4.95. The molecule has 2 N–H and O–H groups in total. The van der Waals surface area contributed by atoms with Crippen LogP contribution in [0.25, 0.3) is 0 Å². The summed E-state index contributed by atoms with van der Waals surface area (Å²) in [5, 5.41) is 18.3. The monoisotopic (exact) mass is 196 g/mol. The van der Waals surface area contributed by atoms with E-state index in [0.29, 0.717) is 5.56 Å². The molecule has 4 nitrogen and oxygen atoms in total. The molecule has 0 radical (unpaired) electrons. The number of carbonyl (C=O) groups excluding carboxylic acids is 1. The summed E-state index contributed by atoms with van der Waals surface area (Å²) >= 11 is 0. The number of benzene rings is 1. The number of methoxy groups -OCH3 is 1. The van der Waals surface area contributed by atoms with Gasteiger partial charge in [0.25, 0.3) is 0 Å². The number of rotatable bonds is 3. The van der Waals surface area contributed by atoms with Crippen molar-refractivity contribution in [2.45, 2.75) is 13.0 Å². The summed E-state index contributed by atoms with van der Waals surface area (Å²) in [6.45, 7) is 1.40. The Labute approximate surface area is 81.8 Å².